The molecule has 1 heteroatoms. The third-order valence-electron chi connectivity index (χ3n) is 4.60. The fourth-order valence-electron chi connectivity index (χ4n) is 3.26. The standard InChI is InChI=1S/C20H38N/c1-4-5-6-7-8-9-10-11-12-15-18-21(2,3)19-20-16-13-14-17-20/h13-14,16H,4-12,15,17-19H2,1-3H3/q+1. The lowest BCUT2D eigenvalue weighted by molar-refractivity contribution is -0.885. The largest absolute Gasteiger partial charge is 0.325 e. The minimum absolute atomic E-state index is 1.16. The topological polar surface area (TPSA) is 0 Å². The zero-order valence-corrected chi connectivity index (χ0v) is 14.9. The van der Waals surface area contributed by atoms with E-state index < -0.39 is 0 Å². The van der Waals surface area contributed by atoms with Crippen molar-refractivity contribution in [3.8, 4) is 0 Å². The number of rotatable bonds is 13. The average Bonchev–Trinajstić information content (AvgIpc) is 2.93. The zero-order chi connectivity index (χ0) is 15.4. The maximum atomic E-state index is 2.38. The molecule has 0 unspecified atom stereocenters. The highest BCUT2D eigenvalue weighted by atomic mass is 15.3. The maximum Gasteiger partial charge on any atom is 0.100 e. The van der Waals surface area contributed by atoms with Crippen molar-refractivity contribution >= 4 is 0 Å². The highest BCUT2D eigenvalue weighted by Crippen LogP contribution is 2.16. The Morgan fingerprint density at radius 1 is 0.857 bits per heavy atom. The number of quaternary nitrogens is 1. The molecule has 0 atom stereocenters. The summed E-state index contributed by atoms with van der Waals surface area (Å²) >= 11 is 0. The van der Waals surface area contributed by atoms with E-state index in [1.54, 1.807) is 5.57 Å². The van der Waals surface area contributed by atoms with E-state index in [0.29, 0.717) is 0 Å². The molecule has 0 amide bonds. The molecule has 1 aliphatic carbocycles. The van der Waals surface area contributed by atoms with E-state index in [1.165, 1.54) is 83.7 Å². The normalized spacial score (nSPS) is 14.7. The summed E-state index contributed by atoms with van der Waals surface area (Å²) in [6, 6.07) is 0. The van der Waals surface area contributed by atoms with E-state index in [2.05, 4.69) is 39.2 Å². The quantitative estimate of drug-likeness (QED) is 0.294. The third kappa shape index (κ3) is 9.90. The summed E-state index contributed by atoms with van der Waals surface area (Å²) < 4.78 is 1.16. The van der Waals surface area contributed by atoms with Gasteiger partial charge < -0.3 is 4.48 Å². The van der Waals surface area contributed by atoms with E-state index in [1.807, 2.05) is 0 Å². The van der Waals surface area contributed by atoms with Gasteiger partial charge in [-0.15, -0.1) is 0 Å². The third-order valence-corrected chi connectivity index (χ3v) is 4.60. The van der Waals surface area contributed by atoms with Gasteiger partial charge in [0.25, 0.3) is 0 Å². The molecular formula is C20H38N+. The first kappa shape index (κ1) is 18.5. The summed E-state index contributed by atoms with van der Waals surface area (Å²) in [5, 5.41) is 0. The van der Waals surface area contributed by atoms with Crippen LogP contribution in [0.3, 0.4) is 0 Å². The molecule has 0 spiro atoms. The predicted octanol–water partition coefficient (Wildman–Crippen LogP) is 5.87. The summed E-state index contributed by atoms with van der Waals surface area (Å²) in [6.45, 7) is 4.85. The summed E-state index contributed by atoms with van der Waals surface area (Å²) in [5.74, 6) is 0. The summed E-state index contributed by atoms with van der Waals surface area (Å²) in [7, 11) is 4.76. The van der Waals surface area contributed by atoms with E-state index >= 15 is 0 Å². The van der Waals surface area contributed by atoms with E-state index in [0.717, 1.165) is 4.48 Å². The number of hydrogen-bond donors (Lipinski definition) is 0. The van der Waals surface area contributed by atoms with Gasteiger partial charge in [-0.25, -0.2) is 0 Å². The fourth-order valence-corrected chi connectivity index (χ4v) is 3.26. The molecule has 1 aliphatic rings. The van der Waals surface area contributed by atoms with E-state index in [-0.39, 0.29) is 0 Å². The molecule has 0 saturated carbocycles. The van der Waals surface area contributed by atoms with Crippen LogP contribution in [-0.4, -0.2) is 31.7 Å². The van der Waals surface area contributed by atoms with Crippen LogP contribution in [0, 0.1) is 0 Å². The molecule has 1 rings (SSSR count). The first-order chi connectivity index (χ1) is 10.1. The first-order valence-corrected chi connectivity index (χ1v) is 9.30. The molecular weight excluding hydrogens is 254 g/mol. The van der Waals surface area contributed by atoms with Crippen molar-refractivity contribution in [1.82, 2.24) is 0 Å². The van der Waals surface area contributed by atoms with Crippen molar-refractivity contribution in [1.29, 1.82) is 0 Å². The van der Waals surface area contributed by atoms with Crippen molar-refractivity contribution in [3.63, 3.8) is 0 Å². The average molecular weight is 293 g/mol. The van der Waals surface area contributed by atoms with Gasteiger partial charge in [-0.05, 0) is 24.8 Å². The van der Waals surface area contributed by atoms with Crippen LogP contribution in [0.2, 0.25) is 0 Å². The van der Waals surface area contributed by atoms with E-state index in [4.69, 9.17) is 0 Å². The number of hydrogen-bond acceptors (Lipinski definition) is 0. The van der Waals surface area contributed by atoms with Crippen LogP contribution in [0.5, 0.6) is 0 Å². The highest BCUT2D eigenvalue weighted by Gasteiger charge is 2.17. The summed E-state index contributed by atoms with van der Waals surface area (Å²) in [6.07, 6.45) is 22.3. The Bertz CT molecular complexity index is 312. The van der Waals surface area contributed by atoms with E-state index in [9.17, 15) is 0 Å². The molecule has 0 radical (unpaired) electrons. The van der Waals surface area contributed by atoms with Crippen molar-refractivity contribution in [3.05, 3.63) is 23.8 Å². The smallest absolute Gasteiger partial charge is 0.100 e. The van der Waals surface area contributed by atoms with Crippen LogP contribution in [0.1, 0.15) is 77.6 Å². The second kappa shape index (κ2) is 11.1. The van der Waals surface area contributed by atoms with Gasteiger partial charge in [-0.3, -0.25) is 0 Å². The molecule has 0 aromatic heterocycles. The second-order valence-corrected chi connectivity index (χ2v) is 7.46. The lowest BCUT2D eigenvalue weighted by Gasteiger charge is -2.30. The van der Waals surface area contributed by atoms with Crippen LogP contribution in [-0.2, 0) is 0 Å². The van der Waals surface area contributed by atoms with Crippen molar-refractivity contribution < 1.29 is 4.48 Å². The Kier molecular flexibility index (Phi) is 9.74. The Morgan fingerprint density at radius 3 is 1.95 bits per heavy atom. The molecule has 0 heterocycles. The van der Waals surface area contributed by atoms with Gasteiger partial charge in [0.05, 0.1) is 20.6 Å². The molecule has 0 N–H and O–H groups in total. The minimum Gasteiger partial charge on any atom is -0.325 e. The molecule has 0 bridgehead atoms. The molecule has 1 nitrogen and oxygen atoms in total. The van der Waals surface area contributed by atoms with Crippen molar-refractivity contribution in [2.24, 2.45) is 0 Å². The van der Waals surface area contributed by atoms with Crippen molar-refractivity contribution in [2.75, 3.05) is 27.2 Å². The number of allylic oxidation sites excluding steroid dienone is 3. The number of nitrogens with zero attached hydrogens (tertiary/aromatic N) is 1. The Morgan fingerprint density at radius 2 is 1.43 bits per heavy atom. The monoisotopic (exact) mass is 292 g/mol. The van der Waals surface area contributed by atoms with Gasteiger partial charge in [0.15, 0.2) is 0 Å². The highest BCUT2D eigenvalue weighted by molar-refractivity contribution is 5.23. The first-order valence-electron chi connectivity index (χ1n) is 9.30. The Balaban J connectivity index is 1.91. The Hall–Kier alpha value is -0.560. The van der Waals surface area contributed by atoms with Crippen LogP contribution in [0.25, 0.3) is 0 Å². The lowest BCUT2D eigenvalue weighted by atomic mass is 10.1. The molecule has 0 saturated heterocycles. The predicted molar refractivity (Wildman–Crippen MR) is 95.5 cm³/mol. The Labute approximate surface area is 133 Å². The maximum absolute atomic E-state index is 2.38. The molecule has 0 fully saturated rings. The van der Waals surface area contributed by atoms with Gasteiger partial charge in [-0.1, -0.05) is 76.5 Å². The SMILES string of the molecule is CCCCCCCCCCCC[N+](C)(C)CC1=CC=CC1. The molecule has 0 aromatic rings. The molecule has 0 aromatic carbocycles. The fraction of sp³-hybridized carbons (Fsp3) is 0.800. The van der Waals surface area contributed by atoms with Gasteiger partial charge in [0.1, 0.15) is 6.54 Å². The van der Waals surface area contributed by atoms with Crippen LogP contribution < -0.4 is 0 Å². The lowest BCUT2D eigenvalue weighted by Crippen LogP contribution is -2.41. The number of unbranched alkanes of at least 4 members (excludes halogenated alkanes) is 9. The van der Waals surface area contributed by atoms with Gasteiger partial charge in [0.2, 0.25) is 0 Å². The van der Waals surface area contributed by atoms with Crippen LogP contribution in [0.4, 0.5) is 0 Å². The summed E-state index contributed by atoms with van der Waals surface area (Å²) in [4.78, 5) is 0. The van der Waals surface area contributed by atoms with Crippen molar-refractivity contribution in [2.45, 2.75) is 77.6 Å². The van der Waals surface area contributed by atoms with Crippen LogP contribution in [0.15, 0.2) is 23.8 Å². The minimum atomic E-state index is 1.16. The number of likely N-dealkylation sites (N-methyl/N-ethyl adjacent to an activating group) is 1. The van der Waals surface area contributed by atoms with Crippen LogP contribution >= 0.6 is 0 Å². The summed E-state index contributed by atoms with van der Waals surface area (Å²) in [5.41, 5.74) is 1.60. The van der Waals surface area contributed by atoms with Gasteiger partial charge >= 0.3 is 0 Å². The van der Waals surface area contributed by atoms with Gasteiger partial charge in [-0.2, -0.15) is 0 Å². The zero-order valence-electron chi connectivity index (χ0n) is 14.9. The molecule has 122 valence electrons. The molecule has 21 heavy (non-hydrogen) atoms. The van der Waals surface area contributed by atoms with Gasteiger partial charge in [0, 0.05) is 0 Å². The molecule has 0 aliphatic heterocycles. The second-order valence-electron chi connectivity index (χ2n) is 7.46.